The van der Waals surface area contributed by atoms with Gasteiger partial charge < -0.3 is 0 Å². The predicted molar refractivity (Wildman–Crippen MR) is 229 cm³/mol. The second-order valence-electron chi connectivity index (χ2n) is 15.2. The maximum atomic E-state index is 14.2. The Hall–Kier alpha value is -7.27. The van der Waals surface area contributed by atoms with Crippen LogP contribution in [-0.4, -0.2) is 9.97 Å². The molecule has 0 aliphatic carbocycles. The molecular weight excluding hydrogens is 824 g/mol. The first kappa shape index (κ1) is 41.1. The number of nitrogens with zero attached hydrogens (tertiary/aromatic N) is 2. The fraction of sp³-hybridized carbons (Fsp3) is 0.0769. The molecule has 2 heterocycles. The lowest BCUT2D eigenvalue weighted by atomic mass is 9.92. The molecule has 2 aromatic heterocycles. The van der Waals surface area contributed by atoms with E-state index >= 15 is 0 Å². The van der Waals surface area contributed by atoms with Crippen molar-refractivity contribution in [1.82, 2.24) is 9.97 Å². The van der Waals surface area contributed by atoms with Crippen LogP contribution in [0.1, 0.15) is 22.3 Å². The van der Waals surface area contributed by atoms with Crippen molar-refractivity contribution in [3.8, 4) is 67.0 Å². The molecule has 0 spiro atoms. The lowest BCUT2D eigenvalue weighted by molar-refractivity contribution is -0.143. The molecule has 0 unspecified atom stereocenters. The number of hydrogen-bond donors (Lipinski definition) is 0. The van der Waals surface area contributed by atoms with Gasteiger partial charge in [-0.25, -0.2) is 9.97 Å². The van der Waals surface area contributed by atoms with E-state index in [0.29, 0.717) is 50.7 Å². The number of aryl methyl sites for hydroxylation is 1. The highest BCUT2D eigenvalue weighted by atomic mass is 19.4. The maximum absolute atomic E-state index is 14.2. The Kier molecular flexibility index (Phi) is 10.2. The lowest BCUT2D eigenvalue weighted by Crippen LogP contribution is -2.11. The van der Waals surface area contributed by atoms with E-state index in [9.17, 15) is 39.5 Å². The van der Waals surface area contributed by atoms with Crippen molar-refractivity contribution in [2.45, 2.75) is 25.5 Å². The molecule has 0 saturated heterocycles. The van der Waals surface area contributed by atoms with Gasteiger partial charge in [-0.15, -0.1) is 0 Å². The molecule has 0 fully saturated rings. The van der Waals surface area contributed by atoms with Crippen LogP contribution in [0.4, 0.5) is 39.5 Å². The molecule has 0 atom stereocenters. The minimum atomic E-state index is -5.12. The number of rotatable bonds is 6. The van der Waals surface area contributed by atoms with Crippen molar-refractivity contribution in [3.05, 3.63) is 192 Å². The average Bonchev–Trinajstić information content (AvgIpc) is 3.27. The summed E-state index contributed by atoms with van der Waals surface area (Å²) in [4.78, 5) is 9.73. The third-order valence-electron chi connectivity index (χ3n) is 10.9. The molecule has 7 aromatic carbocycles. The van der Waals surface area contributed by atoms with E-state index in [4.69, 9.17) is 9.97 Å². The number of aromatic nitrogens is 2. The average molecular weight is 855 g/mol. The molecule has 0 aliphatic heterocycles. The third kappa shape index (κ3) is 8.26. The molecule has 9 rings (SSSR count). The summed E-state index contributed by atoms with van der Waals surface area (Å²) in [5.74, 6) is 0. The highest BCUT2D eigenvalue weighted by Crippen LogP contribution is 2.43. The minimum absolute atomic E-state index is 0.0589. The van der Waals surface area contributed by atoms with E-state index in [2.05, 4.69) is 0 Å². The van der Waals surface area contributed by atoms with Crippen LogP contribution in [0.3, 0.4) is 0 Å². The van der Waals surface area contributed by atoms with Gasteiger partial charge in [-0.3, -0.25) is 0 Å². The van der Waals surface area contributed by atoms with Gasteiger partial charge >= 0.3 is 18.5 Å². The summed E-state index contributed by atoms with van der Waals surface area (Å²) in [6, 6.07) is 45.6. The predicted octanol–water partition coefficient (Wildman–Crippen LogP) is 16.1. The number of alkyl halides is 9. The zero-order chi connectivity index (χ0) is 44.3. The number of benzene rings is 7. The van der Waals surface area contributed by atoms with Crippen molar-refractivity contribution in [3.63, 3.8) is 0 Å². The summed E-state index contributed by atoms with van der Waals surface area (Å²) in [7, 11) is 0. The maximum Gasteiger partial charge on any atom is 0.416 e. The normalized spacial score (nSPS) is 12.3. The van der Waals surface area contributed by atoms with Gasteiger partial charge in [-0.05, 0) is 106 Å². The van der Waals surface area contributed by atoms with Crippen LogP contribution in [0.15, 0.2) is 170 Å². The monoisotopic (exact) mass is 854 g/mol. The number of hydrogen-bond acceptors (Lipinski definition) is 2. The van der Waals surface area contributed by atoms with Crippen molar-refractivity contribution in [1.29, 1.82) is 0 Å². The Morgan fingerprint density at radius 3 is 1.03 bits per heavy atom. The summed E-state index contributed by atoms with van der Waals surface area (Å²) >= 11 is 0. The van der Waals surface area contributed by atoms with Crippen molar-refractivity contribution >= 4 is 21.8 Å². The van der Waals surface area contributed by atoms with Gasteiger partial charge in [0.15, 0.2) is 0 Å². The van der Waals surface area contributed by atoms with Gasteiger partial charge in [0.05, 0.1) is 39.1 Å². The molecule has 9 aromatic rings. The van der Waals surface area contributed by atoms with Crippen LogP contribution in [0.5, 0.6) is 0 Å². The Labute approximate surface area is 355 Å². The molecule has 2 nitrogen and oxygen atoms in total. The number of halogens is 9. The van der Waals surface area contributed by atoms with Crippen LogP contribution < -0.4 is 0 Å². The van der Waals surface area contributed by atoms with Gasteiger partial charge in [-0.1, -0.05) is 121 Å². The molecule has 0 radical (unpaired) electrons. The zero-order valence-corrected chi connectivity index (χ0v) is 33.0. The second-order valence-corrected chi connectivity index (χ2v) is 15.2. The highest BCUT2D eigenvalue weighted by Gasteiger charge is 2.37. The van der Waals surface area contributed by atoms with Crippen LogP contribution >= 0.6 is 0 Å². The smallest absolute Gasteiger partial charge is 0.245 e. The molecule has 0 amide bonds. The van der Waals surface area contributed by atoms with Crippen LogP contribution in [-0.2, 0) is 18.5 Å². The van der Waals surface area contributed by atoms with Gasteiger partial charge in [0.25, 0.3) is 0 Å². The summed E-state index contributed by atoms with van der Waals surface area (Å²) in [6.07, 6.45) is -14.9. The first-order chi connectivity index (χ1) is 30.0. The van der Waals surface area contributed by atoms with Gasteiger partial charge in [0, 0.05) is 21.9 Å². The molecule has 0 N–H and O–H groups in total. The van der Waals surface area contributed by atoms with Crippen LogP contribution in [0, 0.1) is 6.92 Å². The SMILES string of the molecule is Cc1cc(-c2cc(-c3ccc(-c4ccccc4)cc3)c3ccc4c(-c5ccc(-c6ccccc6)cc5)cc(-c5cc(C(F)(F)F)cc(C(F)(F)F)c5)nc4c3n2)cc(C(F)(F)F)c1. The van der Waals surface area contributed by atoms with Crippen LogP contribution in [0.2, 0.25) is 0 Å². The molecule has 63 heavy (non-hydrogen) atoms. The van der Waals surface area contributed by atoms with Crippen molar-refractivity contribution < 1.29 is 39.5 Å². The van der Waals surface area contributed by atoms with Crippen molar-refractivity contribution in [2.24, 2.45) is 0 Å². The van der Waals surface area contributed by atoms with E-state index in [1.807, 2.05) is 97.1 Å². The fourth-order valence-corrected chi connectivity index (χ4v) is 7.89. The van der Waals surface area contributed by atoms with Crippen LogP contribution in [0.25, 0.3) is 88.8 Å². The van der Waals surface area contributed by atoms with Gasteiger partial charge in [0.2, 0.25) is 0 Å². The van der Waals surface area contributed by atoms with E-state index < -0.39 is 40.8 Å². The quantitative estimate of drug-likeness (QED) is 0.123. The number of pyridine rings is 2. The molecule has 0 saturated carbocycles. The van der Waals surface area contributed by atoms with E-state index in [-0.39, 0.29) is 34.1 Å². The van der Waals surface area contributed by atoms with E-state index in [1.54, 1.807) is 36.4 Å². The van der Waals surface area contributed by atoms with Crippen molar-refractivity contribution in [2.75, 3.05) is 0 Å². The molecule has 312 valence electrons. The minimum Gasteiger partial charge on any atom is -0.245 e. The van der Waals surface area contributed by atoms with E-state index in [1.165, 1.54) is 13.0 Å². The summed E-state index contributed by atoms with van der Waals surface area (Å²) in [5.41, 5.74) is 2.22. The Morgan fingerprint density at radius 1 is 0.317 bits per heavy atom. The third-order valence-corrected chi connectivity index (χ3v) is 10.9. The molecule has 0 aliphatic rings. The van der Waals surface area contributed by atoms with E-state index in [0.717, 1.165) is 34.4 Å². The number of fused-ring (bicyclic) bond motifs is 3. The Balaban J connectivity index is 1.35. The standard InChI is InChI=1S/C52H31F9N2/c1-30-22-37(24-39(23-30)50(53,54)55)46-28-44(35-16-12-33(13-17-35)31-8-4-2-5-9-31)42-20-21-43-45(36-18-14-34(15-19-36)32-10-6-3-7-11-32)29-47(63-49(43)48(42)62-46)38-25-40(51(56,57)58)27-41(26-38)52(59,60)61/h2-29H,1H3. The zero-order valence-electron chi connectivity index (χ0n) is 33.0. The topological polar surface area (TPSA) is 25.8 Å². The van der Waals surface area contributed by atoms with Gasteiger partial charge in [-0.2, -0.15) is 39.5 Å². The Bertz CT molecular complexity index is 3120. The second kappa shape index (κ2) is 15.6. The largest absolute Gasteiger partial charge is 0.416 e. The summed E-state index contributed by atoms with van der Waals surface area (Å²) < 4.78 is 128. The summed E-state index contributed by atoms with van der Waals surface area (Å²) in [5, 5.41) is 0.953. The first-order valence-corrected chi connectivity index (χ1v) is 19.6. The summed E-state index contributed by atoms with van der Waals surface area (Å²) in [6.45, 7) is 1.53. The first-order valence-electron chi connectivity index (χ1n) is 19.6. The van der Waals surface area contributed by atoms with Gasteiger partial charge in [0.1, 0.15) is 0 Å². The lowest BCUT2D eigenvalue weighted by Gasteiger charge is -2.18. The fourth-order valence-electron chi connectivity index (χ4n) is 7.89. The highest BCUT2D eigenvalue weighted by molar-refractivity contribution is 6.13. The molecule has 11 heteroatoms. The molecular formula is C52H31F9N2. The molecule has 0 bridgehead atoms. The Morgan fingerprint density at radius 2 is 0.651 bits per heavy atom.